The lowest BCUT2D eigenvalue weighted by atomic mass is 9.97. The van der Waals surface area contributed by atoms with Crippen molar-refractivity contribution in [2.45, 2.75) is 45.7 Å². The van der Waals surface area contributed by atoms with Gasteiger partial charge in [0.05, 0.1) is 11.9 Å². The van der Waals surface area contributed by atoms with Crippen molar-refractivity contribution < 1.29 is 4.79 Å². The molecule has 6 nitrogen and oxygen atoms in total. The van der Waals surface area contributed by atoms with E-state index in [-0.39, 0.29) is 5.91 Å². The summed E-state index contributed by atoms with van der Waals surface area (Å²) in [4.78, 5) is 27.8. The van der Waals surface area contributed by atoms with E-state index in [9.17, 15) is 4.79 Å². The molecule has 0 unspecified atom stereocenters. The molecule has 1 aliphatic rings. The molecule has 1 fully saturated rings. The van der Waals surface area contributed by atoms with Gasteiger partial charge in [-0.25, -0.2) is 15.0 Å². The first-order valence-corrected chi connectivity index (χ1v) is 7.58. The predicted molar refractivity (Wildman–Crippen MR) is 82.0 cm³/mol. The minimum absolute atomic E-state index is 0.0840. The molecule has 2 aromatic heterocycles. The molecule has 0 aliphatic carbocycles. The molecule has 3 rings (SSSR count). The molecule has 1 aliphatic heterocycles. The zero-order valence-corrected chi connectivity index (χ0v) is 13.3. The Hall–Kier alpha value is -2.24. The topological polar surface area (TPSA) is 63.9 Å². The van der Waals surface area contributed by atoms with Gasteiger partial charge in [0.25, 0.3) is 0 Å². The molecule has 0 saturated carbocycles. The van der Waals surface area contributed by atoms with Crippen LogP contribution in [0.5, 0.6) is 0 Å². The van der Waals surface area contributed by atoms with Crippen LogP contribution in [-0.2, 0) is 16.9 Å². The van der Waals surface area contributed by atoms with Crippen LogP contribution in [0.1, 0.15) is 37.0 Å². The number of aryl methyl sites for hydroxylation is 2. The highest BCUT2D eigenvalue weighted by Gasteiger charge is 2.43. The number of imidazole rings is 1. The van der Waals surface area contributed by atoms with Crippen molar-refractivity contribution >= 4 is 5.91 Å². The number of nitrogens with zero attached hydrogens (tertiary/aromatic N) is 5. The maximum absolute atomic E-state index is 12.7. The lowest BCUT2D eigenvalue weighted by molar-refractivity contribution is -0.136. The lowest BCUT2D eigenvalue weighted by Crippen LogP contribution is -2.45. The van der Waals surface area contributed by atoms with Crippen molar-refractivity contribution in [3.05, 3.63) is 42.0 Å². The smallest absolute Gasteiger partial charge is 0.243 e. The van der Waals surface area contributed by atoms with Crippen molar-refractivity contribution in [2.75, 3.05) is 6.54 Å². The molecular formula is C16H21N5O. The van der Waals surface area contributed by atoms with E-state index in [2.05, 4.69) is 21.9 Å². The molecule has 3 heterocycles. The Kier molecular flexibility index (Phi) is 3.68. The number of amides is 1. The fraction of sp³-hybridized carbons (Fsp3) is 0.500. The first kappa shape index (κ1) is 14.7. The minimum Gasteiger partial charge on any atom is -0.328 e. The third-order valence-corrected chi connectivity index (χ3v) is 4.28. The van der Waals surface area contributed by atoms with E-state index in [0.717, 1.165) is 36.6 Å². The Balaban J connectivity index is 1.89. The zero-order valence-electron chi connectivity index (χ0n) is 13.3. The van der Waals surface area contributed by atoms with E-state index in [1.165, 1.54) is 0 Å². The summed E-state index contributed by atoms with van der Waals surface area (Å²) in [6, 6.07) is 1.96. The van der Waals surface area contributed by atoms with E-state index in [1.54, 1.807) is 23.3 Å². The van der Waals surface area contributed by atoms with E-state index in [0.29, 0.717) is 6.54 Å². The highest BCUT2D eigenvalue weighted by atomic mass is 16.2. The summed E-state index contributed by atoms with van der Waals surface area (Å²) < 4.78 is 1.80. The van der Waals surface area contributed by atoms with E-state index >= 15 is 0 Å². The maximum atomic E-state index is 12.7. The molecule has 116 valence electrons. The minimum atomic E-state index is -0.422. The van der Waals surface area contributed by atoms with Crippen LogP contribution in [0.2, 0.25) is 0 Å². The van der Waals surface area contributed by atoms with Crippen LogP contribution in [0.4, 0.5) is 0 Å². The molecule has 1 amide bonds. The van der Waals surface area contributed by atoms with Crippen molar-refractivity contribution in [1.29, 1.82) is 0 Å². The monoisotopic (exact) mass is 299 g/mol. The summed E-state index contributed by atoms with van der Waals surface area (Å²) in [5.74, 6) is 0.835. The Bertz CT molecular complexity index is 662. The maximum Gasteiger partial charge on any atom is 0.243 e. The number of carbonyl (C=O) groups excluding carboxylic acids is 1. The number of carbonyl (C=O) groups is 1. The molecule has 22 heavy (non-hydrogen) atoms. The van der Waals surface area contributed by atoms with Gasteiger partial charge in [-0.1, -0.05) is 0 Å². The molecule has 1 saturated heterocycles. The van der Waals surface area contributed by atoms with Gasteiger partial charge in [-0.2, -0.15) is 0 Å². The van der Waals surface area contributed by atoms with Crippen LogP contribution >= 0.6 is 0 Å². The Labute approximate surface area is 130 Å². The second-order valence-electron chi connectivity index (χ2n) is 6.13. The van der Waals surface area contributed by atoms with Gasteiger partial charge in [0.1, 0.15) is 6.54 Å². The number of hydrogen-bond acceptors (Lipinski definition) is 4. The highest BCUT2D eigenvalue weighted by molar-refractivity contribution is 5.77. The first-order valence-electron chi connectivity index (χ1n) is 7.58. The van der Waals surface area contributed by atoms with E-state index in [4.69, 9.17) is 0 Å². The Morgan fingerprint density at radius 3 is 2.68 bits per heavy atom. The van der Waals surface area contributed by atoms with Crippen molar-refractivity contribution in [3.8, 4) is 0 Å². The van der Waals surface area contributed by atoms with Gasteiger partial charge < -0.3 is 9.47 Å². The molecule has 6 heteroatoms. The van der Waals surface area contributed by atoms with Gasteiger partial charge in [0.15, 0.2) is 5.82 Å². The van der Waals surface area contributed by atoms with Crippen LogP contribution in [0, 0.1) is 13.8 Å². The van der Waals surface area contributed by atoms with Crippen molar-refractivity contribution in [1.82, 2.24) is 24.4 Å². The average molecular weight is 299 g/mol. The Morgan fingerprint density at radius 2 is 2.05 bits per heavy atom. The second kappa shape index (κ2) is 5.51. The molecular weight excluding hydrogens is 278 g/mol. The van der Waals surface area contributed by atoms with Crippen molar-refractivity contribution in [3.63, 3.8) is 0 Å². The molecule has 1 atom stereocenters. The molecule has 0 aromatic carbocycles. The van der Waals surface area contributed by atoms with Crippen LogP contribution in [0.3, 0.4) is 0 Å². The molecule has 2 aromatic rings. The summed E-state index contributed by atoms with van der Waals surface area (Å²) in [5, 5.41) is 0. The van der Waals surface area contributed by atoms with Gasteiger partial charge in [-0.05, 0) is 39.7 Å². The molecule has 0 spiro atoms. The second-order valence-corrected chi connectivity index (χ2v) is 6.13. The SMILES string of the molecule is Cc1cc(C)nc([C@@]2(C)CCCN2C(=O)Cn2ccnc2)n1. The molecule has 0 bridgehead atoms. The van der Waals surface area contributed by atoms with Gasteiger partial charge in [-0.3, -0.25) is 4.79 Å². The Morgan fingerprint density at radius 1 is 1.32 bits per heavy atom. The average Bonchev–Trinajstić information content (AvgIpc) is 3.07. The van der Waals surface area contributed by atoms with Gasteiger partial charge >= 0.3 is 0 Å². The van der Waals surface area contributed by atoms with Crippen LogP contribution in [-0.4, -0.2) is 36.9 Å². The van der Waals surface area contributed by atoms with Gasteiger partial charge in [-0.15, -0.1) is 0 Å². The van der Waals surface area contributed by atoms with Gasteiger partial charge in [0.2, 0.25) is 5.91 Å². The standard InChI is InChI=1S/C16H21N5O/c1-12-9-13(2)19-15(18-12)16(3)5-4-7-21(16)14(22)10-20-8-6-17-11-20/h6,8-9,11H,4-5,7,10H2,1-3H3/t16-/m1/s1. The van der Waals surface area contributed by atoms with E-state index in [1.807, 2.05) is 24.8 Å². The van der Waals surface area contributed by atoms with E-state index < -0.39 is 5.54 Å². The number of likely N-dealkylation sites (tertiary alicyclic amines) is 1. The van der Waals surface area contributed by atoms with Gasteiger partial charge in [0, 0.05) is 30.3 Å². The fourth-order valence-corrected chi connectivity index (χ4v) is 3.18. The fourth-order valence-electron chi connectivity index (χ4n) is 3.18. The highest BCUT2D eigenvalue weighted by Crippen LogP contribution is 2.37. The summed E-state index contributed by atoms with van der Waals surface area (Å²) in [6.07, 6.45) is 7.02. The van der Waals surface area contributed by atoms with Crippen LogP contribution in [0.25, 0.3) is 0 Å². The lowest BCUT2D eigenvalue weighted by Gasteiger charge is -2.34. The van der Waals surface area contributed by atoms with Crippen LogP contribution in [0.15, 0.2) is 24.8 Å². The molecule has 0 N–H and O–H groups in total. The first-order chi connectivity index (χ1) is 10.5. The predicted octanol–water partition coefficient (Wildman–Crippen LogP) is 1.83. The largest absolute Gasteiger partial charge is 0.328 e. The summed E-state index contributed by atoms with van der Waals surface area (Å²) >= 11 is 0. The number of rotatable bonds is 3. The normalized spacial score (nSPS) is 21.3. The van der Waals surface area contributed by atoms with Crippen molar-refractivity contribution in [2.24, 2.45) is 0 Å². The number of aromatic nitrogens is 4. The zero-order chi connectivity index (χ0) is 15.7. The summed E-state index contributed by atoms with van der Waals surface area (Å²) in [5.41, 5.74) is 1.46. The van der Waals surface area contributed by atoms with Crippen LogP contribution < -0.4 is 0 Å². The third-order valence-electron chi connectivity index (χ3n) is 4.28. The summed E-state index contributed by atoms with van der Waals surface area (Å²) in [7, 11) is 0. The summed E-state index contributed by atoms with van der Waals surface area (Å²) in [6.45, 7) is 7.06. The quantitative estimate of drug-likeness (QED) is 0.867. The third kappa shape index (κ3) is 2.61. The molecule has 0 radical (unpaired) electrons. The number of hydrogen-bond donors (Lipinski definition) is 0.